The number of rotatable bonds is 0. The van der Waals surface area contributed by atoms with Crippen molar-refractivity contribution in [2.24, 2.45) is 7.05 Å². The van der Waals surface area contributed by atoms with Crippen LogP contribution in [0.5, 0.6) is 0 Å². The second-order valence-electron chi connectivity index (χ2n) is 4.52. The Morgan fingerprint density at radius 1 is 1.15 bits per heavy atom. The van der Waals surface area contributed by atoms with E-state index in [1.807, 2.05) is 11.3 Å². The van der Waals surface area contributed by atoms with Crippen molar-refractivity contribution in [1.29, 1.82) is 0 Å². The second-order valence-corrected chi connectivity index (χ2v) is 7.13. The number of hydrogen-bond donors (Lipinski definition) is 0. The van der Waals surface area contributed by atoms with Crippen LogP contribution in [-0.4, -0.2) is 19.2 Å². The number of fused-ring (bicyclic) bond motifs is 3. The number of aryl methyl sites for hydroxylation is 2. The molecule has 0 atom stereocenters. The van der Waals surface area contributed by atoms with Crippen LogP contribution in [0, 0.1) is 6.92 Å². The zero-order valence-corrected chi connectivity index (χ0v) is 13.1. The predicted octanol–water partition coefficient (Wildman–Crippen LogP) is 2.35. The summed E-state index contributed by atoms with van der Waals surface area (Å²) in [7, 11) is -1.79. The Labute approximate surface area is 122 Å². The molecule has 2 aromatic carbocycles. The van der Waals surface area contributed by atoms with Crippen LogP contribution in [0.1, 0.15) is 5.01 Å². The Hall–Kier alpha value is -1.50. The van der Waals surface area contributed by atoms with Gasteiger partial charge >= 0.3 is 0 Å². The van der Waals surface area contributed by atoms with Crippen LogP contribution >= 0.6 is 11.3 Å². The fraction of sp³-hybridized carbons (Fsp3) is 0.214. The first-order chi connectivity index (χ1) is 9.27. The molecule has 6 heteroatoms. The fourth-order valence-electron chi connectivity index (χ4n) is 1.99. The molecule has 0 bridgehead atoms. The molecule has 0 aliphatic rings. The SMILES string of the molecule is CS(=O)(=O)[O-].Cc1sc2c3ccccc3ccc2[n+]1C. The summed E-state index contributed by atoms with van der Waals surface area (Å²) in [6.45, 7) is 2.17. The summed E-state index contributed by atoms with van der Waals surface area (Å²) in [4.78, 5) is 0. The van der Waals surface area contributed by atoms with E-state index in [-0.39, 0.29) is 0 Å². The molecule has 0 amide bonds. The van der Waals surface area contributed by atoms with Crippen molar-refractivity contribution in [2.75, 3.05) is 6.26 Å². The lowest BCUT2D eigenvalue weighted by Crippen LogP contribution is -2.28. The highest BCUT2D eigenvalue weighted by Crippen LogP contribution is 2.28. The first-order valence-electron chi connectivity index (χ1n) is 5.95. The van der Waals surface area contributed by atoms with Crippen molar-refractivity contribution in [3.63, 3.8) is 0 Å². The fourth-order valence-corrected chi connectivity index (χ4v) is 3.12. The van der Waals surface area contributed by atoms with E-state index in [4.69, 9.17) is 13.0 Å². The minimum absolute atomic E-state index is 0.604. The highest BCUT2D eigenvalue weighted by Gasteiger charge is 2.14. The standard InChI is InChI=1S/C13H12NS.CH4O3S/c1-9-14(2)12-8-7-10-5-3-4-6-11(10)13(12)15-9;1-5(2,3)4/h3-8H,1-2H3;1H3,(H,2,3,4)/q+1;/p-1. The summed E-state index contributed by atoms with van der Waals surface area (Å²) in [6, 6.07) is 13.0. The van der Waals surface area contributed by atoms with E-state index < -0.39 is 10.1 Å². The smallest absolute Gasteiger partial charge is 0.234 e. The molecule has 0 radical (unpaired) electrons. The third-order valence-corrected chi connectivity index (χ3v) is 4.14. The normalized spacial score (nSPS) is 11.4. The summed E-state index contributed by atoms with van der Waals surface area (Å²) in [5.74, 6) is 0. The van der Waals surface area contributed by atoms with Gasteiger partial charge in [0, 0.05) is 24.6 Å². The van der Waals surface area contributed by atoms with Gasteiger partial charge < -0.3 is 4.55 Å². The van der Waals surface area contributed by atoms with Gasteiger partial charge in [0.2, 0.25) is 10.5 Å². The predicted molar refractivity (Wildman–Crippen MR) is 80.9 cm³/mol. The lowest BCUT2D eigenvalue weighted by atomic mass is 10.1. The lowest BCUT2D eigenvalue weighted by Gasteiger charge is -1.95. The van der Waals surface area contributed by atoms with Crippen LogP contribution in [0.3, 0.4) is 0 Å². The molecule has 0 N–H and O–H groups in total. The van der Waals surface area contributed by atoms with Gasteiger partial charge in [0.05, 0.1) is 10.1 Å². The molecule has 0 aliphatic heterocycles. The van der Waals surface area contributed by atoms with Crippen molar-refractivity contribution >= 4 is 42.4 Å². The highest BCUT2D eigenvalue weighted by molar-refractivity contribution is 7.84. The molecule has 106 valence electrons. The zero-order chi connectivity index (χ0) is 14.9. The summed E-state index contributed by atoms with van der Waals surface area (Å²) in [6.07, 6.45) is 0.604. The molecule has 0 spiro atoms. The third-order valence-electron chi connectivity index (χ3n) is 2.94. The van der Waals surface area contributed by atoms with Gasteiger partial charge in [-0.2, -0.15) is 4.57 Å². The third kappa shape index (κ3) is 3.33. The Morgan fingerprint density at radius 2 is 1.75 bits per heavy atom. The molecule has 1 heterocycles. The van der Waals surface area contributed by atoms with Gasteiger partial charge in [-0.1, -0.05) is 35.6 Å². The molecule has 0 unspecified atom stereocenters. The second kappa shape index (κ2) is 5.47. The van der Waals surface area contributed by atoms with E-state index in [1.165, 1.54) is 26.0 Å². The molecule has 1 aromatic heterocycles. The molecule has 3 rings (SSSR count). The van der Waals surface area contributed by atoms with Crippen molar-refractivity contribution < 1.29 is 17.5 Å². The largest absolute Gasteiger partial charge is 0.748 e. The van der Waals surface area contributed by atoms with Gasteiger partial charge in [-0.25, -0.2) is 8.42 Å². The maximum absolute atomic E-state index is 9.08. The zero-order valence-electron chi connectivity index (χ0n) is 11.5. The Morgan fingerprint density at radius 3 is 2.40 bits per heavy atom. The van der Waals surface area contributed by atoms with Gasteiger partial charge in [0.15, 0.2) is 0 Å². The summed E-state index contributed by atoms with van der Waals surface area (Å²) >= 11 is 1.87. The molecule has 0 fully saturated rings. The monoisotopic (exact) mass is 309 g/mol. The molecular formula is C14H15NO3S2. The molecule has 0 saturated heterocycles. The van der Waals surface area contributed by atoms with E-state index in [9.17, 15) is 0 Å². The quantitative estimate of drug-likeness (QED) is 0.473. The van der Waals surface area contributed by atoms with Crippen LogP contribution < -0.4 is 4.57 Å². The van der Waals surface area contributed by atoms with E-state index >= 15 is 0 Å². The van der Waals surface area contributed by atoms with Crippen molar-refractivity contribution in [3.05, 3.63) is 41.4 Å². The summed E-state index contributed by atoms with van der Waals surface area (Å²) in [5.41, 5.74) is 1.33. The van der Waals surface area contributed by atoms with Gasteiger partial charge in [-0.15, -0.1) is 0 Å². The lowest BCUT2D eigenvalue weighted by molar-refractivity contribution is -0.646. The Bertz CT molecular complexity index is 859. The first kappa shape index (κ1) is 14.9. The number of nitrogens with zero attached hydrogens (tertiary/aromatic N) is 1. The molecule has 4 nitrogen and oxygen atoms in total. The van der Waals surface area contributed by atoms with E-state index in [0.29, 0.717) is 6.26 Å². The summed E-state index contributed by atoms with van der Waals surface area (Å²) < 4.78 is 30.9. The van der Waals surface area contributed by atoms with Gasteiger partial charge in [0.1, 0.15) is 11.7 Å². The van der Waals surface area contributed by atoms with E-state index in [2.05, 4.69) is 54.9 Å². The number of benzene rings is 2. The summed E-state index contributed by atoms with van der Waals surface area (Å²) in [5, 5.41) is 4.04. The van der Waals surface area contributed by atoms with E-state index in [0.717, 1.165) is 0 Å². The van der Waals surface area contributed by atoms with Crippen LogP contribution in [0.25, 0.3) is 21.0 Å². The molecule has 0 saturated carbocycles. The Balaban J connectivity index is 0.000000257. The minimum Gasteiger partial charge on any atom is -0.748 e. The maximum Gasteiger partial charge on any atom is 0.234 e. The molecule has 20 heavy (non-hydrogen) atoms. The van der Waals surface area contributed by atoms with E-state index in [1.54, 1.807) is 0 Å². The average Bonchev–Trinajstić information content (AvgIpc) is 2.64. The Kier molecular flexibility index (Phi) is 4.08. The van der Waals surface area contributed by atoms with Crippen LogP contribution in [0.4, 0.5) is 0 Å². The molecular weight excluding hydrogens is 294 g/mol. The van der Waals surface area contributed by atoms with Crippen LogP contribution in [0.15, 0.2) is 36.4 Å². The minimum atomic E-state index is -3.92. The average molecular weight is 309 g/mol. The van der Waals surface area contributed by atoms with Crippen molar-refractivity contribution in [2.45, 2.75) is 6.92 Å². The van der Waals surface area contributed by atoms with Gasteiger partial charge in [-0.05, 0) is 11.5 Å². The van der Waals surface area contributed by atoms with Crippen molar-refractivity contribution in [1.82, 2.24) is 0 Å². The molecule has 0 aliphatic carbocycles. The maximum atomic E-state index is 9.08. The van der Waals surface area contributed by atoms with Crippen molar-refractivity contribution in [3.8, 4) is 0 Å². The van der Waals surface area contributed by atoms with Gasteiger partial charge in [-0.3, -0.25) is 0 Å². The van der Waals surface area contributed by atoms with Crippen LogP contribution in [0.2, 0.25) is 0 Å². The topological polar surface area (TPSA) is 61.1 Å². The highest BCUT2D eigenvalue weighted by atomic mass is 32.2. The number of thiazole rings is 1. The first-order valence-corrected chi connectivity index (χ1v) is 8.58. The van der Waals surface area contributed by atoms with Gasteiger partial charge in [0.25, 0.3) is 0 Å². The number of hydrogen-bond acceptors (Lipinski definition) is 4. The number of aromatic nitrogens is 1. The van der Waals surface area contributed by atoms with Crippen LogP contribution in [-0.2, 0) is 17.2 Å². The molecule has 3 aromatic rings.